The van der Waals surface area contributed by atoms with Crippen LogP contribution in [0.4, 0.5) is 0 Å². The molecule has 4 aliphatic rings. The van der Waals surface area contributed by atoms with Crippen LogP contribution >= 0.6 is 15.9 Å². The minimum atomic E-state index is -0.910. The fourth-order valence-corrected chi connectivity index (χ4v) is 8.16. The van der Waals surface area contributed by atoms with Crippen molar-refractivity contribution in [2.24, 2.45) is 17.3 Å². The molecule has 2 atom stereocenters. The van der Waals surface area contributed by atoms with Crippen LogP contribution in [0.2, 0.25) is 0 Å². The van der Waals surface area contributed by atoms with Crippen molar-refractivity contribution >= 4 is 15.9 Å². The Morgan fingerprint density at radius 3 is 1.72 bits per heavy atom. The molecule has 4 saturated carbocycles. The predicted molar refractivity (Wildman–Crippen MR) is 105 cm³/mol. The first kappa shape index (κ1) is 16.1. The Kier molecular flexibility index (Phi) is 3.50. The Morgan fingerprint density at radius 1 is 0.800 bits per heavy atom. The van der Waals surface area contributed by atoms with Gasteiger partial charge in [-0.05, 0) is 61.5 Å². The lowest BCUT2D eigenvalue weighted by Gasteiger charge is -2.65. The van der Waals surface area contributed by atoms with Gasteiger partial charge in [0.2, 0.25) is 0 Å². The molecule has 0 aromatic heterocycles. The van der Waals surface area contributed by atoms with Crippen molar-refractivity contribution in [2.75, 3.05) is 0 Å². The van der Waals surface area contributed by atoms with Gasteiger partial charge in [-0.2, -0.15) is 0 Å². The maximum atomic E-state index is 12.4. The van der Waals surface area contributed by atoms with Crippen molar-refractivity contribution in [3.05, 3.63) is 71.8 Å². The molecule has 0 radical (unpaired) electrons. The minimum Gasteiger partial charge on any atom is -0.380 e. The van der Waals surface area contributed by atoms with Gasteiger partial charge in [-0.3, -0.25) is 0 Å². The van der Waals surface area contributed by atoms with E-state index in [1.165, 1.54) is 19.3 Å². The molecule has 130 valence electrons. The summed E-state index contributed by atoms with van der Waals surface area (Å²) >= 11 is 4.12. The monoisotopic (exact) mass is 396 g/mol. The summed E-state index contributed by atoms with van der Waals surface area (Å²) in [5, 5.41) is 12.4. The summed E-state index contributed by atoms with van der Waals surface area (Å²) in [5.41, 5.74) is 1.13. The molecule has 2 aromatic carbocycles. The van der Waals surface area contributed by atoms with Crippen molar-refractivity contribution in [3.63, 3.8) is 0 Å². The zero-order valence-corrected chi connectivity index (χ0v) is 16.1. The van der Waals surface area contributed by atoms with Crippen molar-refractivity contribution in [1.29, 1.82) is 0 Å². The van der Waals surface area contributed by atoms with E-state index >= 15 is 0 Å². The molecule has 0 amide bonds. The minimum absolute atomic E-state index is 0.0662. The molecule has 0 spiro atoms. The molecule has 1 N–H and O–H groups in total. The molecule has 2 unspecified atom stereocenters. The second-order valence-electron chi connectivity index (χ2n) is 8.83. The van der Waals surface area contributed by atoms with Gasteiger partial charge in [-0.15, -0.1) is 0 Å². The van der Waals surface area contributed by atoms with Gasteiger partial charge in [0.05, 0.1) is 0 Å². The smallest absolute Gasteiger partial charge is 0.120 e. The Labute approximate surface area is 158 Å². The van der Waals surface area contributed by atoms with E-state index < -0.39 is 5.60 Å². The lowest BCUT2D eigenvalue weighted by molar-refractivity contribution is -0.155. The maximum Gasteiger partial charge on any atom is 0.120 e. The van der Waals surface area contributed by atoms with Gasteiger partial charge in [0.15, 0.2) is 0 Å². The summed E-state index contributed by atoms with van der Waals surface area (Å²) < 4.78 is 0.231. The topological polar surface area (TPSA) is 20.2 Å². The number of hydrogen-bond acceptors (Lipinski definition) is 1. The summed E-state index contributed by atoms with van der Waals surface area (Å²) in [6, 6.07) is 20.8. The standard InChI is InChI=1S/C23H25BrO/c24-22-14-17-11-18(15-22)13-21(12-17,16-22)23(25,19-7-3-1-4-8-19)20-9-5-2-6-10-20/h1-10,17-18,25H,11-16H2. The van der Waals surface area contributed by atoms with Gasteiger partial charge in [-0.25, -0.2) is 0 Å². The molecule has 6 rings (SSSR count). The fraction of sp³-hybridized carbons (Fsp3) is 0.478. The third-order valence-corrected chi connectivity index (χ3v) is 8.07. The SMILES string of the molecule is OC(c1ccccc1)(c1ccccc1)C12CC3CC(CC(Br)(C3)C1)C2. The van der Waals surface area contributed by atoms with E-state index in [0.29, 0.717) is 0 Å². The number of hydrogen-bond donors (Lipinski definition) is 1. The fourth-order valence-electron chi connectivity index (χ4n) is 6.71. The van der Waals surface area contributed by atoms with Gasteiger partial charge in [0.1, 0.15) is 5.60 Å². The van der Waals surface area contributed by atoms with Crippen LogP contribution in [0.25, 0.3) is 0 Å². The Morgan fingerprint density at radius 2 is 1.28 bits per heavy atom. The van der Waals surface area contributed by atoms with Crippen LogP contribution in [-0.2, 0) is 5.60 Å². The highest BCUT2D eigenvalue weighted by molar-refractivity contribution is 9.10. The lowest BCUT2D eigenvalue weighted by Crippen LogP contribution is -2.61. The van der Waals surface area contributed by atoms with E-state index in [9.17, 15) is 5.11 Å². The van der Waals surface area contributed by atoms with Crippen LogP contribution < -0.4 is 0 Å². The van der Waals surface area contributed by atoms with Crippen molar-refractivity contribution in [2.45, 2.75) is 48.5 Å². The summed E-state index contributed by atoms with van der Waals surface area (Å²) in [6.45, 7) is 0. The third kappa shape index (κ3) is 2.30. The lowest BCUT2D eigenvalue weighted by atomic mass is 9.43. The molecule has 0 saturated heterocycles. The highest BCUT2D eigenvalue weighted by atomic mass is 79.9. The molecule has 4 bridgehead atoms. The molecule has 0 heterocycles. The number of alkyl halides is 1. The molecule has 1 nitrogen and oxygen atoms in total. The first-order valence-corrected chi connectivity index (χ1v) is 10.3. The predicted octanol–water partition coefficient (Wildman–Crippen LogP) is 5.66. The normalized spacial score (nSPS) is 36.6. The summed E-state index contributed by atoms with van der Waals surface area (Å²) in [6.07, 6.45) is 7.30. The molecule has 25 heavy (non-hydrogen) atoms. The number of benzene rings is 2. The van der Waals surface area contributed by atoms with Gasteiger partial charge >= 0.3 is 0 Å². The Hall–Kier alpha value is -1.12. The molecule has 0 aliphatic heterocycles. The van der Waals surface area contributed by atoms with Crippen LogP contribution in [0.3, 0.4) is 0 Å². The Bertz CT molecular complexity index is 716. The highest BCUT2D eigenvalue weighted by Crippen LogP contribution is 2.70. The zero-order chi connectivity index (χ0) is 17.1. The van der Waals surface area contributed by atoms with Crippen LogP contribution in [0.1, 0.15) is 49.7 Å². The van der Waals surface area contributed by atoms with Crippen LogP contribution in [0, 0.1) is 17.3 Å². The average Bonchev–Trinajstić information content (AvgIpc) is 2.60. The molecule has 2 aromatic rings. The van der Waals surface area contributed by atoms with E-state index in [1.807, 2.05) is 12.1 Å². The molecule has 4 fully saturated rings. The molecular formula is C23H25BrO. The quantitative estimate of drug-likeness (QED) is 0.663. The van der Waals surface area contributed by atoms with E-state index in [1.54, 1.807) is 0 Å². The number of aliphatic hydroxyl groups is 1. The average molecular weight is 397 g/mol. The van der Waals surface area contributed by atoms with Crippen LogP contribution in [0.5, 0.6) is 0 Å². The highest BCUT2D eigenvalue weighted by Gasteiger charge is 2.64. The summed E-state index contributed by atoms with van der Waals surface area (Å²) in [7, 11) is 0. The van der Waals surface area contributed by atoms with Gasteiger partial charge in [0, 0.05) is 9.74 Å². The maximum absolute atomic E-state index is 12.4. The molecule has 4 aliphatic carbocycles. The van der Waals surface area contributed by atoms with Gasteiger partial charge in [0.25, 0.3) is 0 Å². The van der Waals surface area contributed by atoms with Gasteiger partial charge < -0.3 is 5.11 Å². The second-order valence-corrected chi connectivity index (χ2v) is 10.5. The second kappa shape index (κ2) is 5.44. The van der Waals surface area contributed by atoms with Crippen molar-refractivity contribution < 1.29 is 5.11 Å². The summed E-state index contributed by atoms with van der Waals surface area (Å²) in [5.74, 6) is 1.50. The first-order valence-electron chi connectivity index (χ1n) is 9.55. The van der Waals surface area contributed by atoms with Crippen molar-refractivity contribution in [1.82, 2.24) is 0 Å². The zero-order valence-electron chi connectivity index (χ0n) is 14.5. The van der Waals surface area contributed by atoms with E-state index in [2.05, 4.69) is 64.5 Å². The largest absolute Gasteiger partial charge is 0.380 e. The Balaban J connectivity index is 1.72. The third-order valence-electron chi connectivity index (χ3n) is 7.14. The first-order chi connectivity index (χ1) is 12.0. The van der Waals surface area contributed by atoms with E-state index in [0.717, 1.165) is 42.2 Å². The number of rotatable bonds is 3. The van der Waals surface area contributed by atoms with Crippen LogP contribution in [0.15, 0.2) is 60.7 Å². The summed E-state index contributed by atoms with van der Waals surface area (Å²) in [4.78, 5) is 0. The van der Waals surface area contributed by atoms with Gasteiger partial charge in [-0.1, -0.05) is 76.6 Å². The van der Waals surface area contributed by atoms with Crippen molar-refractivity contribution in [3.8, 4) is 0 Å². The number of halogens is 1. The molecular weight excluding hydrogens is 372 g/mol. The van der Waals surface area contributed by atoms with E-state index in [-0.39, 0.29) is 9.74 Å². The van der Waals surface area contributed by atoms with Crippen LogP contribution in [-0.4, -0.2) is 9.43 Å². The van der Waals surface area contributed by atoms with E-state index in [4.69, 9.17) is 0 Å². The molecule has 2 heteroatoms.